The van der Waals surface area contributed by atoms with Crippen LogP contribution in [-0.2, 0) is 0 Å². The van der Waals surface area contributed by atoms with Gasteiger partial charge in [-0.05, 0) is 52.6 Å². The summed E-state index contributed by atoms with van der Waals surface area (Å²) in [5, 5.41) is 3.33. The Bertz CT molecular complexity index is 490. The van der Waals surface area contributed by atoms with Crippen LogP contribution in [0.2, 0.25) is 0 Å². The minimum atomic E-state index is 0.769. The van der Waals surface area contributed by atoms with Crippen molar-refractivity contribution in [1.29, 1.82) is 0 Å². The van der Waals surface area contributed by atoms with E-state index in [1.54, 1.807) is 6.33 Å². The lowest BCUT2D eigenvalue weighted by molar-refractivity contribution is 0.102. The van der Waals surface area contributed by atoms with Crippen molar-refractivity contribution in [2.75, 3.05) is 43.4 Å². The van der Waals surface area contributed by atoms with Gasteiger partial charge in [0.1, 0.15) is 18.0 Å². The minimum Gasteiger partial charge on any atom is -0.370 e. The summed E-state index contributed by atoms with van der Waals surface area (Å²) in [6.07, 6.45) is 5.63. The summed E-state index contributed by atoms with van der Waals surface area (Å²) in [6.45, 7) is 8.63. The van der Waals surface area contributed by atoms with Gasteiger partial charge in [0.2, 0.25) is 0 Å². The quantitative estimate of drug-likeness (QED) is 0.923. The summed E-state index contributed by atoms with van der Waals surface area (Å²) in [7, 11) is 2.28. The number of nitrogens with one attached hydrogen (secondary N) is 1. The fourth-order valence-corrected chi connectivity index (χ4v) is 3.95. The molecule has 0 spiro atoms. The van der Waals surface area contributed by atoms with Gasteiger partial charge in [-0.25, -0.2) is 9.97 Å². The lowest BCUT2D eigenvalue weighted by Gasteiger charge is -2.46. The summed E-state index contributed by atoms with van der Waals surface area (Å²) in [4.78, 5) is 14.0. The molecule has 2 aliphatic rings. The van der Waals surface area contributed by atoms with E-state index in [-0.39, 0.29) is 0 Å². The van der Waals surface area contributed by atoms with Crippen molar-refractivity contribution in [3.05, 3.63) is 11.9 Å². The second kappa shape index (κ2) is 6.18. The monoisotopic (exact) mass is 289 g/mol. The molecule has 0 amide bonds. The van der Waals surface area contributed by atoms with Crippen molar-refractivity contribution in [3.63, 3.8) is 0 Å². The number of hydrogen-bond donors (Lipinski definition) is 1. The van der Waals surface area contributed by atoms with Crippen LogP contribution in [0.4, 0.5) is 11.6 Å². The van der Waals surface area contributed by atoms with E-state index in [4.69, 9.17) is 0 Å². The maximum absolute atomic E-state index is 4.56. The topological polar surface area (TPSA) is 44.3 Å². The van der Waals surface area contributed by atoms with E-state index < -0.39 is 0 Å². The van der Waals surface area contributed by atoms with Gasteiger partial charge in [0.05, 0.1) is 0 Å². The largest absolute Gasteiger partial charge is 0.370 e. The van der Waals surface area contributed by atoms with Crippen LogP contribution >= 0.6 is 0 Å². The molecule has 3 heterocycles. The van der Waals surface area contributed by atoms with E-state index in [2.05, 4.69) is 46.0 Å². The third-order valence-electron chi connectivity index (χ3n) is 5.05. The zero-order chi connectivity index (χ0) is 14.8. The van der Waals surface area contributed by atoms with E-state index in [1.165, 1.54) is 31.4 Å². The molecule has 1 N–H and O–H groups in total. The minimum absolute atomic E-state index is 0.769. The average molecular weight is 289 g/mol. The molecule has 5 heteroatoms. The van der Waals surface area contributed by atoms with Crippen LogP contribution in [0.1, 0.15) is 31.7 Å². The highest BCUT2D eigenvalue weighted by Gasteiger charge is 2.35. The third kappa shape index (κ3) is 2.84. The second-order valence-electron chi connectivity index (χ2n) is 6.39. The molecule has 5 nitrogen and oxygen atoms in total. The Labute approximate surface area is 127 Å². The molecule has 0 aliphatic carbocycles. The Kier molecular flexibility index (Phi) is 4.29. The standard InChI is InChI=1S/C16H27N5/c1-4-17-15-12(2)16(19-11-18-15)21-9-7-14-13(10-21)6-5-8-20(14)3/h11,13-14H,4-10H2,1-3H3,(H,17,18,19). The SMILES string of the molecule is CCNc1ncnc(N2CCC3C(CCCN3C)C2)c1C. The van der Waals surface area contributed by atoms with E-state index in [9.17, 15) is 0 Å². The summed E-state index contributed by atoms with van der Waals surface area (Å²) in [6, 6.07) is 0.769. The molecule has 1 aromatic rings. The summed E-state index contributed by atoms with van der Waals surface area (Å²) in [5.41, 5.74) is 1.18. The van der Waals surface area contributed by atoms with Crippen LogP contribution in [0.15, 0.2) is 6.33 Å². The average Bonchev–Trinajstić information content (AvgIpc) is 2.49. The molecule has 2 aliphatic heterocycles. The van der Waals surface area contributed by atoms with Gasteiger partial charge in [-0.1, -0.05) is 0 Å². The molecule has 21 heavy (non-hydrogen) atoms. The van der Waals surface area contributed by atoms with Crippen LogP contribution in [-0.4, -0.2) is 54.1 Å². The van der Waals surface area contributed by atoms with Crippen molar-refractivity contribution in [2.24, 2.45) is 5.92 Å². The Morgan fingerprint density at radius 1 is 1.29 bits per heavy atom. The maximum atomic E-state index is 4.56. The molecular weight excluding hydrogens is 262 g/mol. The number of aromatic nitrogens is 2. The first-order chi connectivity index (χ1) is 10.2. The summed E-state index contributed by atoms with van der Waals surface area (Å²) in [5.74, 6) is 2.88. The summed E-state index contributed by atoms with van der Waals surface area (Å²) < 4.78 is 0. The van der Waals surface area contributed by atoms with Crippen LogP contribution in [0, 0.1) is 12.8 Å². The fraction of sp³-hybridized carbons (Fsp3) is 0.750. The predicted octanol–water partition coefficient (Wildman–Crippen LogP) is 2.14. The van der Waals surface area contributed by atoms with Crippen molar-refractivity contribution < 1.29 is 0 Å². The Balaban J connectivity index is 1.78. The number of piperidine rings is 2. The zero-order valence-corrected chi connectivity index (χ0v) is 13.5. The molecule has 116 valence electrons. The number of nitrogens with zero attached hydrogens (tertiary/aromatic N) is 4. The van der Waals surface area contributed by atoms with E-state index in [0.29, 0.717) is 0 Å². The highest BCUT2D eigenvalue weighted by molar-refractivity contribution is 5.58. The number of anilines is 2. The lowest BCUT2D eigenvalue weighted by Crippen LogP contribution is -2.53. The Morgan fingerprint density at radius 3 is 2.95 bits per heavy atom. The third-order valence-corrected chi connectivity index (χ3v) is 5.05. The molecule has 2 unspecified atom stereocenters. The number of hydrogen-bond acceptors (Lipinski definition) is 5. The highest BCUT2D eigenvalue weighted by atomic mass is 15.2. The first kappa shape index (κ1) is 14.6. The molecule has 2 atom stereocenters. The Hall–Kier alpha value is -1.36. The number of rotatable bonds is 3. The van der Waals surface area contributed by atoms with Gasteiger partial charge in [0.15, 0.2) is 0 Å². The van der Waals surface area contributed by atoms with Crippen LogP contribution < -0.4 is 10.2 Å². The second-order valence-corrected chi connectivity index (χ2v) is 6.39. The van der Waals surface area contributed by atoms with Gasteiger partial charge in [-0.2, -0.15) is 0 Å². The van der Waals surface area contributed by atoms with E-state index in [0.717, 1.165) is 43.2 Å². The van der Waals surface area contributed by atoms with Gasteiger partial charge in [0, 0.05) is 31.2 Å². The number of likely N-dealkylation sites (tertiary alicyclic amines) is 1. The first-order valence-electron chi connectivity index (χ1n) is 8.21. The normalized spacial score (nSPS) is 26.5. The molecule has 2 saturated heterocycles. The summed E-state index contributed by atoms with van der Waals surface area (Å²) >= 11 is 0. The molecule has 0 saturated carbocycles. The van der Waals surface area contributed by atoms with Gasteiger partial charge < -0.3 is 15.1 Å². The predicted molar refractivity (Wildman–Crippen MR) is 86.9 cm³/mol. The molecule has 3 rings (SSSR count). The molecule has 1 aromatic heterocycles. The van der Waals surface area contributed by atoms with E-state index >= 15 is 0 Å². The van der Waals surface area contributed by atoms with Crippen molar-refractivity contribution in [2.45, 2.75) is 39.2 Å². The van der Waals surface area contributed by atoms with Gasteiger partial charge in [-0.15, -0.1) is 0 Å². The van der Waals surface area contributed by atoms with Gasteiger partial charge >= 0.3 is 0 Å². The zero-order valence-electron chi connectivity index (χ0n) is 13.5. The van der Waals surface area contributed by atoms with Crippen LogP contribution in [0.25, 0.3) is 0 Å². The highest BCUT2D eigenvalue weighted by Crippen LogP contribution is 2.33. The molecule has 0 bridgehead atoms. The lowest BCUT2D eigenvalue weighted by atomic mass is 9.84. The maximum Gasteiger partial charge on any atom is 0.137 e. The van der Waals surface area contributed by atoms with Crippen LogP contribution in [0.3, 0.4) is 0 Å². The fourth-order valence-electron chi connectivity index (χ4n) is 3.95. The van der Waals surface area contributed by atoms with Crippen molar-refractivity contribution >= 4 is 11.6 Å². The Morgan fingerprint density at radius 2 is 2.14 bits per heavy atom. The molecular formula is C16H27N5. The smallest absolute Gasteiger partial charge is 0.137 e. The number of fused-ring (bicyclic) bond motifs is 1. The molecule has 0 radical (unpaired) electrons. The van der Waals surface area contributed by atoms with Gasteiger partial charge in [-0.3, -0.25) is 0 Å². The molecule has 2 fully saturated rings. The van der Waals surface area contributed by atoms with Gasteiger partial charge in [0.25, 0.3) is 0 Å². The van der Waals surface area contributed by atoms with Crippen molar-refractivity contribution in [3.8, 4) is 0 Å². The first-order valence-corrected chi connectivity index (χ1v) is 8.21. The van der Waals surface area contributed by atoms with Crippen molar-refractivity contribution in [1.82, 2.24) is 14.9 Å². The molecule has 0 aromatic carbocycles. The van der Waals surface area contributed by atoms with Crippen LogP contribution in [0.5, 0.6) is 0 Å². The van der Waals surface area contributed by atoms with E-state index in [1.807, 2.05) is 0 Å².